The number of thioether (sulfide) groups is 1. The van der Waals surface area contributed by atoms with E-state index in [-0.39, 0.29) is 30.2 Å². The Morgan fingerprint density at radius 2 is 1.78 bits per heavy atom. The highest BCUT2D eigenvalue weighted by Crippen LogP contribution is 2.35. The van der Waals surface area contributed by atoms with Gasteiger partial charge in [0.15, 0.2) is 18.1 Å². The fraction of sp³-hybridized carbons (Fsp3) is 0.250. The van der Waals surface area contributed by atoms with Crippen LogP contribution in [0.2, 0.25) is 0 Å². The molecule has 2 saturated heterocycles. The molecule has 190 valence electrons. The molecule has 0 spiro atoms. The first-order chi connectivity index (χ1) is 18.0. The maximum absolute atomic E-state index is 13.0. The molecule has 5 rings (SSSR count). The zero-order valence-electron chi connectivity index (χ0n) is 20.3. The van der Waals surface area contributed by atoms with Crippen LogP contribution in [0.4, 0.5) is 4.79 Å². The summed E-state index contributed by atoms with van der Waals surface area (Å²) in [5.41, 5.74) is 1.57. The predicted molar refractivity (Wildman–Crippen MR) is 141 cm³/mol. The fourth-order valence-electron chi connectivity index (χ4n) is 4.24. The molecule has 0 aliphatic carbocycles. The van der Waals surface area contributed by atoms with Gasteiger partial charge < -0.3 is 19.1 Å². The molecular formula is C28H26N2O6S. The number of rotatable bonds is 7. The second-order valence-electron chi connectivity index (χ2n) is 8.64. The molecule has 2 heterocycles. The van der Waals surface area contributed by atoms with Gasteiger partial charge in [0, 0.05) is 13.1 Å². The first kappa shape index (κ1) is 24.9. The van der Waals surface area contributed by atoms with Crippen molar-refractivity contribution in [3.8, 4) is 11.5 Å². The fourth-order valence-corrected chi connectivity index (χ4v) is 5.08. The molecule has 3 aromatic rings. The van der Waals surface area contributed by atoms with E-state index >= 15 is 0 Å². The van der Waals surface area contributed by atoms with Crippen LogP contribution in [0.1, 0.15) is 11.1 Å². The Hall–Kier alpha value is -3.82. The molecule has 2 fully saturated rings. The van der Waals surface area contributed by atoms with Gasteiger partial charge in [0.05, 0.1) is 31.8 Å². The first-order valence-corrected chi connectivity index (χ1v) is 12.7. The summed E-state index contributed by atoms with van der Waals surface area (Å²) in [5, 5.41) is 1.86. The molecule has 0 unspecified atom stereocenters. The summed E-state index contributed by atoms with van der Waals surface area (Å²) < 4.78 is 16.4. The van der Waals surface area contributed by atoms with Crippen LogP contribution in [0.25, 0.3) is 16.8 Å². The van der Waals surface area contributed by atoms with Crippen LogP contribution in [-0.2, 0) is 20.9 Å². The quantitative estimate of drug-likeness (QED) is 0.431. The van der Waals surface area contributed by atoms with Gasteiger partial charge in [0.1, 0.15) is 0 Å². The Morgan fingerprint density at radius 3 is 2.57 bits per heavy atom. The van der Waals surface area contributed by atoms with E-state index in [4.69, 9.17) is 14.2 Å². The van der Waals surface area contributed by atoms with Gasteiger partial charge in [0.25, 0.3) is 17.1 Å². The van der Waals surface area contributed by atoms with Crippen molar-refractivity contribution < 1.29 is 28.6 Å². The second kappa shape index (κ2) is 11.1. The van der Waals surface area contributed by atoms with Crippen molar-refractivity contribution >= 4 is 45.7 Å². The highest BCUT2D eigenvalue weighted by atomic mass is 32.2. The summed E-state index contributed by atoms with van der Waals surface area (Å²) in [4.78, 5) is 41.4. The highest BCUT2D eigenvalue weighted by Gasteiger charge is 2.35. The highest BCUT2D eigenvalue weighted by molar-refractivity contribution is 8.18. The maximum Gasteiger partial charge on any atom is 0.293 e. The van der Waals surface area contributed by atoms with Gasteiger partial charge >= 0.3 is 0 Å². The number of morpholine rings is 1. The monoisotopic (exact) mass is 518 g/mol. The van der Waals surface area contributed by atoms with Crippen LogP contribution < -0.4 is 9.47 Å². The van der Waals surface area contributed by atoms with Gasteiger partial charge in [-0.3, -0.25) is 19.3 Å². The van der Waals surface area contributed by atoms with Gasteiger partial charge in [-0.25, -0.2) is 0 Å². The molecule has 9 heteroatoms. The molecule has 3 amide bonds. The van der Waals surface area contributed by atoms with E-state index in [1.54, 1.807) is 29.2 Å². The number of carbonyl (C=O) groups is 3. The van der Waals surface area contributed by atoms with Crippen LogP contribution in [-0.4, -0.2) is 66.9 Å². The molecule has 0 bridgehead atoms. The van der Waals surface area contributed by atoms with E-state index in [1.165, 1.54) is 12.0 Å². The molecule has 0 saturated carbocycles. The minimum absolute atomic E-state index is 0.108. The Kier molecular flexibility index (Phi) is 7.43. The number of benzene rings is 3. The number of amides is 3. The van der Waals surface area contributed by atoms with Gasteiger partial charge in [-0.1, -0.05) is 42.5 Å². The third-order valence-corrected chi connectivity index (χ3v) is 7.14. The lowest BCUT2D eigenvalue weighted by molar-refractivity contribution is -0.137. The maximum atomic E-state index is 13.0. The molecule has 37 heavy (non-hydrogen) atoms. The minimum atomic E-state index is -0.335. The number of nitrogens with zero attached hydrogens (tertiary/aromatic N) is 2. The molecule has 0 atom stereocenters. The molecule has 2 aliphatic rings. The summed E-state index contributed by atoms with van der Waals surface area (Å²) in [6, 6.07) is 19.0. The number of hydrogen-bond donors (Lipinski definition) is 0. The number of fused-ring (bicyclic) bond motifs is 1. The minimum Gasteiger partial charge on any atom is -0.493 e. The van der Waals surface area contributed by atoms with Gasteiger partial charge in [-0.05, 0) is 57.9 Å². The van der Waals surface area contributed by atoms with E-state index in [2.05, 4.69) is 0 Å². The van der Waals surface area contributed by atoms with Crippen LogP contribution in [0.5, 0.6) is 11.5 Å². The molecule has 0 N–H and O–H groups in total. The van der Waals surface area contributed by atoms with Crippen molar-refractivity contribution in [2.45, 2.75) is 6.54 Å². The summed E-state index contributed by atoms with van der Waals surface area (Å²) in [5.74, 6) is 0.401. The number of carbonyl (C=O) groups excluding carboxylic acids is 3. The van der Waals surface area contributed by atoms with Crippen LogP contribution in [0, 0.1) is 0 Å². The van der Waals surface area contributed by atoms with Crippen molar-refractivity contribution in [3.05, 3.63) is 76.7 Å². The molecule has 8 nitrogen and oxygen atoms in total. The Bertz CT molecular complexity index is 1380. The normalized spacial score (nSPS) is 17.1. The van der Waals surface area contributed by atoms with E-state index in [1.807, 2.05) is 42.5 Å². The molecule has 2 aliphatic heterocycles. The largest absolute Gasteiger partial charge is 0.493 e. The summed E-state index contributed by atoms with van der Waals surface area (Å²) in [7, 11) is 1.51. The molecule has 0 aromatic heterocycles. The lowest BCUT2D eigenvalue weighted by Crippen LogP contribution is -2.43. The zero-order valence-corrected chi connectivity index (χ0v) is 21.2. The molecular weight excluding hydrogens is 492 g/mol. The third-order valence-electron chi connectivity index (χ3n) is 6.23. The second-order valence-corrected chi connectivity index (χ2v) is 9.63. The Labute approximate surface area is 218 Å². The van der Waals surface area contributed by atoms with Crippen molar-refractivity contribution in [2.75, 3.05) is 40.0 Å². The number of ether oxygens (including phenoxy) is 3. The van der Waals surface area contributed by atoms with E-state index in [0.717, 1.165) is 28.1 Å². The third kappa shape index (κ3) is 5.63. The number of imide groups is 1. The zero-order chi connectivity index (χ0) is 25.8. The lowest BCUT2D eigenvalue weighted by atomic mass is 10.1. The van der Waals surface area contributed by atoms with Crippen LogP contribution >= 0.6 is 11.8 Å². The molecule has 0 radical (unpaired) electrons. The number of methoxy groups -OCH3 is 1. The predicted octanol–water partition coefficient (Wildman–Crippen LogP) is 4.32. The van der Waals surface area contributed by atoms with E-state index in [0.29, 0.717) is 48.3 Å². The average Bonchev–Trinajstić information content (AvgIpc) is 3.19. The van der Waals surface area contributed by atoms with E-state index < -0.39 is 0 Å². The smallest absolute Gasteiger partial charge is 0.293 e. The van der Waals surface area contributed by atoms with Gasteiger partial charge in [-0.2, -0.15) is 0 Å². The van der Waals surface area contributed by atoms with Crippen molar-refractivity contribution in [3.63, 3.8) is 0 Å². The van der Waals surface area contributed by atoms with Crippen LogP contribution in [0.3, 0.4) is 0 Å². The van der Waals surface area contributed by atoms with Crippen molar-refractivity contribution in [2.24, 2.45) is 0 Å². The Morgan fingerprint density at radius 1 is 1.00 bits per heavy atom. The summed E-state index contributed by atoms with van der Waals surface area (Å²) >= 11 is 0.913. The first-order valence-electron chi connectivity index (χ1n) is 11.9. The lowest BCUT2D eigenvalue weighted by Gasteiger charge is -2.26. The standard InChI is InChI=1S/C28H26N2O6S/c1-34-24-15-19(7-9-23(24)36-18-26(31)29-10-12-35-13-11-29)16-25-27(32)30(28(33)37-25)17-20-6-8-21-4-2-3-5-22(21)14-20/h2-9,14-16H,10-13,17-18H2,1H3/b25-16-. The summed E-state index contributed by atoms with van der Waals surface area (Å²) in [6.07, 6.45) is 1.66. The Balaban J connectivity index is 1.26. The SMILES string of the molecule is COc1cc(/C=C2\SC(=O)N(Cc3ccc4ccccc4c3)C2=O)ccc1OCC(=O)N1CCOCC1. The van der Waals surface area contributed by atoms with Crippen molar-refractivity contribution in [1.82, 2.24) is 9.80 Å². The number of hydrogen-bond acceptors (Lipinski definition) is 7. The summed E-state index contributed by atoms with van der Waals surface area (Å²) in [6.45, 7) is 2.25. The average molecular weight is 519 g/mol. The van der Waals surface area contributed by atoms with Crippen LogP contribution in [0.15, 0.2) is 65.6 Å². The van der Waals surface area contributed by atoms with Gasteiger partial charge in [0.2, 0.25) is 0 Å². The van der Waals surface area contributed by atoms with Gasteiger partial charge in [-0.15, -0.1) is 0 Å². The van der Waals surface area contributed by atoms with Crippen molar-refractivity contribution in [1.29, 1.82) is 0 Å². The topological polar surface area (TPSA) is 85.4 Å². The molecule has 3 aromatic carbocycles. The van der Waals surface area contributed by atoms with E-state index in [9.17, 15) is 14.4 Å².